The zero-order chi connectivity index (χ0) is 13.1. The number of anilines is 1. The third-order valence-corrected chi connectivity index (χ3v) is 2.44. The van der Waals surface area contributed by atoms with E-state index in [0.717, 1.165) is 6.07 Å². The van der Waals surface area contributed by atoms with Gasteiger partial charge in [-0.3, -0.25) is 0 Å². The molecule has 2 heterocycles. The van der Waals surface area contributed by atoms with Crippen molar-refractivity contribution < 1.29 is 18.7 Å². The van der Waals surface area contributed by atoms with E-state index in [0.29, 0.717) is 5.76 Å². The van der Waals surface area contributed by atoms with Crippen LogP contribution in [-0.2, 0) is 0 Å². The molecule has 1 unspecified atom stereocenters. The molecular formula is C12H11FN2O3. The second-order valence-corrected chi connectivity index (χ2v) is 3.71. The molecule has 0 aliphatic rings. The topological polar surface area (TPSA) is 75.4 Å². The monoisotopic (exact) mass is 250 g/mol. The number of hydrogen-bond donors (Lipinski definition) is 2. The van der Waals surface area contributed by atoms with Gasteiger partial charge < -0.3 is 14.8 Å². The van der Waals surface area contributed by atoms with Gasteiger partial charge in [0.1, 0.15) is 11.3 Å². The second-order valence-electron chi connectivity index (χ2n) is 3.71. The predicted molar refractivity (Wildman–Crippen MR) is 61.9 cm³/mol. The van der Waals surface area contributed by atoms with Gasteiger partial charge in [-0.25, -0.2) is 14.2 Å². The Morgan fingerprint density at radius 1 is 1.56 bits per heavy atom. The van der Waals surface area contributed by atoms with Gasteiger partial charge in [-0.1, -0.05) is 0 Å². The average Bonchev–Trinajstić information content (AvgIpc) is 2.85. The van der Waals surface area contributed by atoms with Gasteiger partial charge in [-0.2, -0.15) is 0 Å². The first-order chi connectivity index (χ1) is 8.59. The molecule has 0 saturated carbocycles. The van der Waals surface area contributed by atoms with Crippen LogP contribution in [-0.4, -0.2) is 16.1 Å². The highest BCUT2D eigenvalue weighted by Gasteiger charge is 2.17. The van der Waals surface area contributed by atoms with Gasteiger partial charge in [-0.05, 0) is 25.1 Å². The number of furan rings is 1. The number of carboxylic acids is 1. The van der Waals surface area contributed by atoms with E-state index in [4.69, 9.17) is 9.52 Å². The van der Waals surface area contributed by atoms with Crippen molar-refractivity contribution >= 4 is 11.8 Å². The van der Waals surface area contributed by atoms with Crippen LogP contribution in [0.25, 0.3) is 0 Å². The molecule has 0 saturated heterocycles. The summed E-state index contributed by atoms with van der Waals surface area (Å²) >= 11 is 0. The fourth-order valence-electron chi connectivity index (χ4n) is 1.52. The number of hydrogen-bond acceptors (Lipinski definition) is 4. The Bertz CT molecular complexity index is 554. The van der Waals surface area contributed by atoms with Crippen molar-refractivity contribution in [1.29, 1.82) is 0 Å². The van der Waals surface area contributed by atoms with E-state index in [2.05, 4.69) is 10.3 Å². The van der Waals surface area contributed by atoms with Crippen LogP contribution in [0.4, 0.5) is 10.2 Å². The van der Waals surface area contributed by atoms with Gasteiger partial charge >= 0.3 is 5.97 Å². The number of aromatic nitrogens is 1. The summed E-state index contributed by atoms with van der Waals surface area (Å²) in [7, 11) is 0. The molecule has 0 bridgehead atoms. The van der Waals surface area contributed by atoms with Crippen molar-refractivity contribution in [1.82, 2.24) is 4.98 Å². The summed E-state index contributed by atoms with van der Waals surface area (Å²) in [6.07, 6.45) is 2.74. The lowest BCUT2D eigenvalue weighted by Crippen LogP contribution is -2.11. The highest BCUT2D eigenvalue weighted by atomic mass is 19.1. The van der Waals surface area contributed by atoms with Crippen molar-refractivity contribution in [3.63, 3.8) is 0 Å². The molecule has 94 valence electrons. The van der Waals surface area contributed by atoms with Crippen molar-refractivity contribution in [2.45, 2.75) is 13.0 Å². The quantitative estimate of drug-likeness (QED) is 0.872. The first-order valence-electron chi connectivity index (χ1n) is 5.27. The Kier molecular flexibility index (Phi) is 3.27. The van der Waals surface area contributed by atoms with E-state index < -0.39 is 17.3 Å². The lowest BCUT2D eigenvalue weighted by molar-refractivity contribution is 0.0692. The number of rotatable bonds is 4. The third-order valence-electron chi connectivity index (χ3n) is 2.44. The second kappa shape index (κ2) is 4.87. The molecule has 6 heteroatoms. The minimum absolute atomic E-state index is 0.112. The van der Waals surface area contributed by atoms with Crippen LogP contribution >= 0.6 is 0 Å². The van der Waals surface area contributed by atoms with Crippen LogP contribution in [0.5, 0.6) is 0 Å². The lowest BCUT2D eigenvalue weighted by Gasteiger charge is -2.13. The van der Waals surface area contributed by atoms with E-state index >= 15 is 0 Å². The van der Waals surface area contributed by atoms with Crippen molar-refractivity contribution in [2.75, 3.05) is 5.32 Å². The third kappa shape index (κ3) is 2.32. The minimum atomic E-state index is -1.33. The van der Waals surface area contributed by atoms with Crippen LogP contribution in [0.3, 0.4) is 0 Å². The molecule has 0 radical (unpaired) electrons. The Labute approximate surface area is 102 Å². The molecular weight excluding hydrogens is 239 g/mol. The van der Waals surface area contributed by atoms with E-state index in [1.165, 1.54) is 12.5 Å². The molecule has 5 nitrogen and oxygen atoms in total. The molecule has 0 spiro atoms. The van der Waals surface area contributed by atoms with Crippen LogP contribution in [0.2, 0.25) is 0 Å². The van der Waals surface area contributed by atoms with Crippen molar-refractivity contribution in [3.05, 3.63) is 47.8 Å². The van der Waals surface area contributed by atoms with Crippen LogP contribution < -0.4 is 5.32 Å². The van der Waals surface area contributed by atoms with Crippen LogP contribution in [0.1, 0.15) is 29.1 Å². The Hall–Kier alpha value is -2.37. The first-order valence-corrected chi connectivity index (χ1v) is 5.27. The number of nitrogens with zero attached hydrogens (tertiary/aromatic N) is 1. The molecule has 1 atom stereocenters. The highest BCUT2D eigenvalue weighted by molar-refractivity contribution is 5.88. The van der Waals surface area contributed by atoms with Gasteiger partial charge in [0.2, 0.25) is 0 Å². The summed E-state index contributed by atoms with van der Waals surface area (Å²) in [6, 6.07) is 4.24. The number of carbonyl (C=O) groups is 1. The fraction of sp³-hybridized carbons (Fsp3) is 0.167. The van der Waals surface area contributed by atoms with E-state index in [1.54, 1.807) is 19.1 Å². The van der Waals surface area contributed by atoms with Crippen molar-refractivity contribution in [2.24, 2.45) is 0 Å². The van der Waals surface area contributed by atoms with Gasteiger partial charge in [-0.15, -0.1) is 0 Å². The molecule has 2 rings (SSSR count). The van der Waals surface area contributed by atoms with Gasteiger partial charge in [0.25, 0.3) is 0 Å². The largest absolute Gasteiger partial charge is 0.478 e. The average molecular weight is 250 g/mol. The molecule has 2 N–H and O–H groups in total. The summed E-state index contributed by atoms with van der Waals surface area (Å²) in [4.78, 5) is 14.6. The standard InChI is InChI=1S/C12H11FN2O3/c1-7(9-3-2-6-18-9)15-11-10(13)8(12(16)17)4-5-14-11/h2-7H,1H3,(H,14,15)(H,16,17). The van der Waals surface area contributed by atoms with Gasteiger partial charge in [0, 0.05) is 6.20 Å². The molecule has 0 amide bonds. The summed E-state index contributed by atoms with van der Waals surface area (Å²) in [5.74, 6) is -1.72. The van der Waals surface area contributed by atoms with E-state index in [1.807, 2.05) is 0 Å². The highest BCUT2D eigenvalue weighted by Crippen LogP contribution is 2.21. The molecule has 18 heavy (non-hydrogen) atoms. The summed E-state index contributed by atoms with van der Waals surface area (Å²) in [6.45, 7) is 1.76. The number of aromatic carboxylic acids is 1. The Morgan fingerprint density at radius 2 is 2.33 bits per heavy atom. The van der Waals surface area contributed by atoms with Crippen molar-refractivity contribution in [3.8, 4) is 0 Å². The maximum atomic E-state index is 13.8. The normalized spacial score (nSPS) is 12.1. The van der Waals surface area contributed by atoms with Crippen LogP contribution in [0.15, 0.2) is 35.1 Å². The number of halogens is 1. The predicted octanol–water partition coefficient (Wildman–Crippen LogP) is 2.69. The summed E-state index contributed by atoms with van der Waals surface area (Å²) in [5, 5.41) is 11.6. The number of carboxylic acid groups (broad SMARTS) is 1. The smallest absolute Gasteiger partial charge is 0.338 e. The van der Waals surface area contributed by atoms with Gasteiger partial charge in [0.15, 0.2) is 11.6 Å². The zero-order valence-corrected chi connectivity index (χ0v) is 9.55. The van der Waals surface area contributed by atoms with Gasteiger partial charge in [0.05, 0.1) is 12.3 Å². The Morgan fingerprint density at radius 3 is 2.94 bits per heavy atom. The molecule has 0 aliphatic carbocycles. The maximum absolute atomic E-state index is 13.8. The molecule has 0 aliphatic heterocycles. The number of nitrogens with one attached hydrogen (secondary N) is 1. The zero-order valence-electron chi connectivity index (χ0n) is 9.55. The number of pyridine rings is 1. The summed E-state index contributed by atoms with van der Waals surface area (Å²) < 4.78 is 18.9. The maximum Gasteiger partial charge on any atom is 0.338 e. The molecule has 0 aromatic carbocycles. The minimum Gasteiger partial charge on any atom is -0.478 e. The fourth-order valence-corrected chi connectivity index (χ4v) is 1.52. The Balaban J connectivity index is 2.24. The molecule has 2 aromatic rings. The first kappa shape index (κ1) is 12.1. The molecule has 0 fully saturated rings. The van der Waals surface area contributed by atoms with E-state index in [-0.39, 0.29) is 11.9 Å². The SMILES string of the molecule is CC(Nc1nccc(C(=O)O)c1F)c1ccco1. The van der Waals surface area contributed by atoms with Crippen LogP contribution in [0, 0.1) is 5.82 Å². The molecule has 2 aromatic heterocycles. The lowest BCUT2D eigenvalue weighted by atomic mass is 10.2. The summed E-state index contributed by atoms with van der Waals surface area (Å²) in [5.41, 5.74) is -0.417. The van der Waals surface area contributed by atoms with E-state index in [9.17, 15) is 9.18 Å².